The van der Waals surface area contributed by atoms with Gasteiger partial charge in [-0.25, -0.2) is 4.79 Å². The number of aromatic nitrogens is 1. The fourth-order valence-electron chi connectivity index (χ4n) is 1.74. The van der Waals surface area contributed by atoms with Crippen LogP contribution in [-0.2, 0) is 4.74 Å². The summed E-state index contributed by atoms with van der Waals surface area (Å²) in [4.78, 5) is 17.6. The van der Waals surface area contributed by atoms with Gasteiger partial charge in [-0.2, -0.15) is 0 Å². The maximum absolute atomic E-state index is 12.0. The highest BCUT2D eigenvalue weighted by atomic mass is 16.6. The lowest BCUT2D eigenvalue weighted by Crippen LogP contribution is -2.35. The monoisotopic (exact) mass is 232 g/mol. The molecule has 1 amide bonds. The van der Waals surface area contributed by atoms with E-state index in [1.807, 2.05) is 26.8 Å². The molecule has 0 unspecified atom stereocenters. The molecular formula is C13H16N2O2. The fourth-order valence-corrected chi connectivity index (χ4v) is 1.74. The van der Waals surface area contributed by atoms with Crippen molar-refractivity contribution in [2.75, 3.05) is 11.4 Å². The zero-order chi connectivity index (χ0) is 12.6. The molecule has 0 N–H and O–H groups in total. The maximum Gasteiger partial charge on any atom is 0.415 e. The van der Waals surface area contributed by atoms with Gasteiger partial charge in [-0.3, -0.25) is 9.88 Å². The van der Waals surface area contributed by atoms with Gasteiger partial charge in [0.2, 0.25) is 0 Å². The molecule has 0 atom stereocenters. The average Bonchev–Trinajstić information content (AvgIpc) is 2.55. The summed E-state index contributed by atoms with van der Waals surface area (Å²) in [5.74, 6) is 0. The summed E-state index contributed by atoms with van der Waals surface area (Å²) in [5.41, 5.74) is 2.15. The van der Waals surface area contributed by atoms with E-state index in [0.717, 1.165) is 16.8 Å². The Kier molecular flexibility index (Phi) is 2.65. The van der Waals surface area contributed by atoms with Crippen molar-refractivity contribution >= 4 is 17.4 Å². The molecule has 1 aliphatic rings. The highest BCUT2D eigenvalue weighted by Gasteiger charge is 2.30. The number of carbonyl (C=O) groups excluding carboxylic acids is 1. The minimum atomic E-state index is -0.497. The number of rotatable bonds is 0. The summed E-state index contributed by atoms with van der Waals surface area (Å²) >= 11 is 0. The molecule has 1 aromatic heterocycles. The van der Waals surface area contributed by atoms with Crippen LogP contribution in [0.15, 0.2) is 25.0 Å². The van der Waals surface area contributed by atoms with Gasteiger partial charge in [-0.15, -0.1) is 0 Å². The maximum atomic E-state index is 12.0. The van der Waals surface area contributed by atoms with Gasteiger partial charge in [0.15, 0.2) is 0 Å². The SMILES string of the molecule is C=C1CN(C(=O)OC(C)(C)C)c2cnccc21. The second-order valence-electron chi connectivity index (χ2n) is 5.06. The number of hydrogen-bond acceptors (Lipinski definition) is 3. The zero-order valence-electron chi connectivity index (χ0n) is 10.4. The number of carbonyl (C=O) groups is 1. The summed E-state index contributed by atoms with van der Waals surface area (Å²) in [7, 11) is 0. The van der Waals surface area contributed by atoms with E-state index in [4.69, 9.17) is 4.74 Å². The second kappa shape index (κ2) is 3.87. The van der Waals surface area contributed by atoms with Crippen molar-refractivity contribution < 1.29 is 9.53 Å². The third-order valence-electron chi connectivity index (χ3n) is 2.43. The van der Waals surface area contributed by atoms with Crippen LogP contribution in [0.3, 0.4) is 0 Å². The molecule has 4 heteroatoms. The number of nitrogens with zero attached hydrogens (tertiary/aromatic N) is 2. The quantitative estimate of drug-likeness (QED) is 0.690. The lowest BCUT2D eigenvalue weighted by molar-refractivity contribution is 0.0586. The Balaban J connectivity index is 2.26. The van der Waals surface area contributed by atoms with Gasteiger partial charge in [-0.05, 0) is 32.4 Å². The summed E-state index contributed by atoms with van der Waals surface area (Å²) < 4.78 is 5.34. The molecule has 0 bridgehead atoms. The molecule has 0 aliphatic carbocycles. The van der Waals surface area contributed by atoms with Crippen LogP contribution in [0, 0.1) is 0 Å². The summed E-state index contributed by atoms with van der Waals surface area (Å²) in [6.07, 6.45) is 3.01. The molecule has 4 nitrogen and oxygen atoms in total. The zero-order valence-corrected chi connectivity index (χ0v) is 10.4. The highest BCUT2D eigenvalue weighted by molar-refractivity contribution is 5.99. The summed E-state index contributed by atoms with van der Waals surface area (Å²) in [5, 5.41) is 0. The molecular weight excluding hydrogens is 216 g/mol. The van der Waals surface area contributed by atoms with E-state index in [0.29, 0.717) is 6.54 Å². The summed E-state index contributed by atoms with van der Waals surface area (Å²) in [6, 6.07) is 1.86. The van der Waals surface area contributed by atoms with Crippen LogP contribution >= 0.6 is 0 Å². The molecule has 1 aromatic rings. The van der Waals surface area contributed by atoms with E-state index < -0.39 is 5.60 Å². The number of ether oxygens (including phenoxy) is 1. The van der Waals surface area contributed by atoms with Gasteiger partial charge >= 0.3 is 6.09 Å². The first-order chi connectivity index (χ1) is 7.88. The number of hydrogen-bond donors (Lipinski definition) is 0. The van der Waals surface area contributed by atoms with E-state index in [1.165, 1.54) is 0 Å². The molecule has 0 aromatic carbocycles. The minimum absolute atomic E-state index is 0.356. The van der Waals surface area contributed by atoms with Gasteiger partial charge < -0.3 is 4.74 Å². The number of fused-ring (bicyclic) bond motifs is 1. The largest absolute Gasteiger partial charge is 0.443 e. The summed E-state index contributed by atoms with van der Waals surface area (Å²) in [6.45, 7) is 9.96. The molecule has 0 saturated heterocycles. The van der Waals surface area contributed by atoms with Crippen LogP contribution in [0.2, 0.25) is 0 Å². The van der Waals surface area contributed by atoms with Crippen LogP contribution in [0.1, 0.15) is 26.3 Å². The van der Waals surface area contributed by atoms with Gasteiger partial charge in [0.05, 0.1) is 18.4 Å². The lowest BCUT2D eigenvalue weighted by atomic mass is 10.1. The molecule has 90 valence electrons. The van der Waals surface area contributed by atoms with Gasteiger partial charge in [-0.1, -0.05) is 6.58 Å². The van der Waals surface area contributed by atoms with Gasteiger partial charge in [0.1, 0.15) is 5.60 Å². The van der Waals surface area contributed by atoms with Crippen LogP contribution < -0.4 is 4.90 Å². The Morgan fingerprint density at radius 2 is 2.24 bits per heavy atom. The van der Waals surface area contributed by atoms with Crippen molar-refractivity contribution in [1.82, 2.24) is 4.98 Å². The topological polar surface area (TPSA) is 42.4 Å². The van der Waals surface area contributed by atoms with E-state index >= 15 is 0 Å². The van der Waals surface area contributed by atoms with E-state index in [-0.39, 0.29) is 6.09 Å². The molecule has 1 aliphatic heterocycles. The molecule has 0 spiro atoms. The van der Waals surface area contributed by atoms with Crippen molar-refractivity contribution in [3.05, 3.63) is 30.6 Å². The van der Waals surface area contributed by atoms with Crippen molar-refractivity contribution in [3.63, 3.8) is 0 Å². The third kappa shape index (κ3) is 2.30. The van der Waals surface area contributed by atoms with Crippen LogP contribution in [0.25, 0.3) is 5.57 Å². The van der Waals surface area contributed by atoms with Crippen LogP contribution in [-0.4, -0.2) is 23.2 Å². The minimum Gasteiger partial charge on any atom is -0.443 e. The molecule has 2 rings (SSSR count). The first kappa shape index (κ1) is 11.6. The Hall–Kier alpha value is -1.84. The fraction of sp³-hybridized carbons (Fsp3) is 0.385. The number of pyridine rings is 1. The predicted molar refractivity (Wildman–Crippen MR) is 66.9 cm³/mol. The van der Waals surface area contributed by atoms with Crippen molar-refractivity contribution in [2.45, 2.75) is 26.4 Å². The van der Waals surface area contributed by atoms with Crippen molar-refractivity contribution in [2.24, 2.45) is 0 Å². The first-order valence-corrected chi connectivity index (χ1v) is 5.51. The Labute approximate surface area is 101 Å². The van der Waals surface area contributed by atoms with E-state index in [1.54, 1.807) is 17.3 Å². The lowest BCUT2D eigenvalue weighted by Gasteiger charge is -2.24. The normalized spacial score (nSPS) is 14.8. The standard InChI is InChI=1S/C13H16N2O2/c1-9-8-15(12(16)17-13(2,3)4)11-7-14-6-5-10(9)11/h5-7H,1,8H2,2-4H3. The predicted octanol–water partition coefficient (Wildman–Crippen LogP) is 2.85. The molecule has 0 radical (unpaired) electrons. The Morgan fingerprint density at radius 1 is 1.53 bits per heavy atom. The molecule has 2 heterocycles. The highest BCUT2D eigenvalue weighted by Crippen LogP contribution is 2.34. The molecule has 0 fully saturated rings. The van der Waals surface area contributed by atoms with E-state index in [9.17, 15) is 4.79 Å². The molecule has 17 heavy (non-hydrogen) atoms. The third-order valence-corrected chi connectivity index (χ3v) is 2.43. The Bertz CT molecular complexity index is 475. The Morgan fingerprint density at radius 3 is 2.88 bits per heavy atom. The van der Waals surface area contributed by atoms with Crippen LogP contribution in [0.5, 0.6) is 0 Å². The van der Waals surface area contributed by atoms with Crippen LogP contribution in [0.4, 0.5) is 10.5 Å². The number of anilines is 1. The first-order valence-electron chi connectivity index (χ1n) is 5.51. The molecule has 0 saturated carbocycles. The number of amides is 1. The van der Waals surface area contributed by atoms with Crippen molar-refractivity contribution in [3.8, 4) is 0 Å². The smallest absolute Gasteiger partial charge is 0.415 e. The second-order valence-corrected chi connectivity index (χ2v) is 5.06. The van der Waals surface area contributed by atoms with Gasteiger partial charge in [0.25, 0.3) is 0 Å². The van der Waals surface area contributed by atoms with E-state index in [2.05, 4.69) is 11.6 Å². The average molecular weight is 232 g/mol. The van der Waals surface area contributed by atoms with Crippen molar-refractivity contribution in [1.29, 1.82) is 0 Å². The van der Waals surface area contributed by atoms with Gasteiger partial charge in [0, 0.05) is 11.8 Å².